The van der Waals surface area contributed by atoms with Crippen molar-refractivity contribution in [3.05, 3.63) is 40.8 Å². The van der Waals surface area contributed by atoms with Gasteiger partial charge in [0, 0.05) is 12.1 Å². The molecule has 0 unspecified atom stereocenters. The van der Waals surface area contributed by atoms with E-state index in [4.69, 9.17) is 9.15 Å². The molecule has 16 heavy (non-hydrogen) atoms. The van der Waals surface area contributed by atoms with Gasteiger partial charge in [-0.2, -0.15) is 0 Å². The second-order valence-electron chi connectivity index (χ2n) is 3.10. The maximum atomic E-state index is 11.4. The molecule has 0 fully saturated rings. The molecule has 2 N–H and O–H groups in total. The second kappa shape index (κ2) is 4.52. The fourth-order valence-corrected chi connectivity index (χ4v) is 1.28. The molecule has 0 aliphatic carbocycles. The van der Waals surface area contributed by atoms with Crippen LogP contribution in [-0.2, 0) is 6.54 Å². The highest BCUT2D eigenvalue weighted by atomic mass is 16.5. The molecule has 2 aromatic heterocycles. The van der Waals surface area contributed by atoms with Gasteiger partial charge < -0.3 is 19.5 Å². The number of rotatable bonds is 4. The first-order chi connectivity index (χ1) is 7.81. The molecule has 0 amide bonds. The second-order valence-corrected chi connectivity index (χ2v) is 3.10. The predicted octanol–water partition coefficient (Wildman–Crippen LogP) is 0.984. The quantitative estimate of drug-likeness (QED) is 0.804. The zero-order chi connectivity index (χ0) is 11.4. The summed E-state index contributed by atoms with van der Waals surface area (Å²) in [5, 5.41) is 2.99. The van der Waals surface area contributed by atoms with Gasteiger partial charge in [0.25, 0.3) is 5.56 Å². The Morgan fingerprint density at radius 1 is 1.62 bits per heavy atom. The van der Waals surface area contributed by atoms with Crippen molar-refractivity contribution in [2.75, 3.05) is 12.4 Å². The van der Waals surface area contributed by atoms with Crippen molar-refractivity contribution in [1.82, 2.24) is 9.97 Å². The third kappa shape index (κ3) is 2.05. The lowest BCUT2D eigenvalue weighted by Crippen LogP contribution is -2.13. The highest BCUT2D eigenvalue weighted by molar-refractivity contribution is 5.48. The summed E-state index contributed by atoms with van der Waals surface area (Å²) in [4.78, 5) is 17.8. The Bertz CT molecular complexity index is 504. The molecule has 84 valence electrons. The van der Waals surface area contributed by atoms with E-state index in [1.807, 2.05) is 6.07 Å². The first-order valence-corrected chi connectivity index (χ1v) is 4.68. The fraction of sp³-hybridized carbons (Fsp3) is 0.200. The van der Waals surface area contributed by atoms with Gasteiger partial charge in [-0.3, -0.25) is 4.79 Å². The largest absolute Gasteiger partial charge is 0.489 e. The van der Waals surface area contributed by atoms with Crippen LogP contribution in [0.1, 0.15) is 5.56 Å². The molecule has 6 heteroatoms. The maximum absolute atomic E-state index is 11.4. The number of H-pyrrole nitrogens is 1. The maximum Gasteiger partial charge on any atom is 0.295 e. The third-order valence-corrected chi connectivity index (χ3v) is 2.05. The molecular formula is C10H11N3O3. The molecule has 0 radical (unpaired) electrons. The highest BCUT2D eigenvalue weighted by Crippen LogP contribution is 2.15. The molecule has 0 bridgehead atoms. The molecule has 0 aliphatic rings. The lowest BCUT2D eigenvalue weighted by molar-refractivity contribution is 0.408. The van der Waals surface area contributed by atoms with E-state index in [-0.39, 0.29) is 11.3 Å². The van der Waals surface area contributed by atoms with Crippen LogP contribution in [0.15, 0.2) is 34.1 Å². The van der Waals surface area contributed by atoms with Gasteiger partial charge in [-0.15, -0.1) is 0 Å². The number of aromatic amines is 1. The van der Waals surface area contributed by atoms with Crippen LogP contribution >= 0.6 is 0 Å². The zero-order valence-electron chi connectivity index (χ0n) is 8.69. The molecular weight excluding hydrogens is 210 g/mol. The van der Waals surface area contributed by atoms with Crippen molar-refractivity contribution in [1.29, 1.82) is 0 Å². The smallest absolute Gasteiger partial charge is 0.295 e. The van der Waals surface area contributed by atoms with Crippen molar-refractivity contribution in [3.8, 4) is 5.75 Å². The number of hydrogen-bond acceptors (Lipinski definition) is 5. The van der Waals surface area contributed by atoms with Gasteiger partial charge in [0.2, 0.25) is 5.75 Å². The van der Waals surface area contributed by atoms with E-state index >= 15 is 0 Å². The van der Waals surface area contributed by atoms with Crippen molar-refractivity contribution in [3.63, 3.8) is 0 Å². The number of nitrogens with one attached hydrogen (secondary N) is 2. The van der Waals surface area contributed by atoms with Crippen LogP contribution in [0.3, 0.4) is 0 Å². The minimum atomic E-state index is -0.313. The van der Waals surface area contributed by atoms with Crippen LogP contribution in [0, 0.1) is 0 Å². The van der Waals surface area contributed by atoms with Crippen molar-refractivity contribution in [2.45, 2.75) is 6.54 Å². The Labute approximate surface area is 91.3 Å². The monoisotopic (exact) mass is 221 g/mol. The molecule has 2 heterocycles. The minimum absolute atomic E-state index is 0.172. The summed E-state index contributed by atoms with van der Waals surface area (Å²) in [6, 6.07) is 1.83. The van der Waals surface area contributed by atoms with E-state index in [9.17, 15) is 4.79 Å². The summed E-state index contributed by atoms with van der Waals surface area (Å²) < 4.78 is 9.88. The Morgan fingerprint density at radius 3 is 3.19 bits per heavy atom. The first-order valence-electron chi connectivity index (χ1n) is 4.68. The van der Waals surface area contributed by atoms with E-state index in [2.05, 4.69) is 15.3 Å². The van der Waals surface area contributed by atoms with E-state index < -0.39 is 0 Å². The van der Waals surface area contributed by atoms with Crippen LogP contribution in [0.2, 0.25) is 0 Å². The number of methoxy groups -OCH3 is 1. The molecule has 0 aromatic carbocycles. The minimum Gasteiger partial charge on any atom is -0.489 e. The number of furan rings is 1. The third-order valence-electron chi connectivity index (χ3n) is 2.05. The van der Waals surface area contributed by atoms with Crippen LogP contribution in [0.4, 0.5) is 5.82 Å². The van der Waals surface area contributed by atoms with Gasteiger partial charge in [-0.05, 0) is 6.07 Å². The van der Waals surface area contributed by atoms with Crippen molar-refractivity contribution >= 4 is 5.82 Å². The number of anilines is 1. The number of hydrogen-bond donors (Lipinski definition) is 2. The molecule has 2 aromatic rings. The average molecular weight is 221 g/mol. The summed E-state index contributed by atoms with van der Waals surface area (Å²) in [7, 11) is 1.43. The number of ether oxygens (including phenoxy) is 1. The van der Waals surface area contributed by atoms with Crippen LogP contribution in [-0.4, -0.2) is 17.1 Å². The lowest BCUT2D eigenvalue weighted by atomic mass is 10.3. The first kappa shape index (κ1) is 10.3. The van der Waals surface area contributed by atoms with E-state index in [0.29, 0.717) is 12.4 Å². The lowest BCUT2D eigenvalue weighted by Gasteiger charge is -2.07. The average Bonchev–Trinajstić information content (AvgIpc) is 2.79. The van der Waals surface area contributed by atoms with Crippen molar-refractivity contribution in [2.24, 2.45) is 0 Å². The van der Waals surface area contributed by atoms with Gasteiger partial charge in [-0.25, -0.2) is 4.98 Å². The molecule has 0 spiro atoms. The van der Waals surface area contributed by atoms with Crippen LogP contribution in [0.5, 0.6) is 5.75 Å². The Kier molecular flexibility index (Phi) is 2.90. The Morgan fingerprint density at radius 2 is 2.50 bits per heavy atom. The topological polar surface area (TPSA) is 80.2 Å². The van der Waals surface area contributed by atoms with Gasteiger partial charge in [0.15, 0.2) is 5.82 Å². The fourth-order valence-electron chi connectivity index (χ4n) is 1.28. The summed E-state index contributed by atoms with van der Waals surface area (Å²) >= 11 is 0. The predicted molar refractivity (Wildman–Crippen MR) is 57.4 cm³/mol. The summed E-state index contributed by atoms with van der Waals surface area (Å²) in [5.74, 6) is 0.582. The summed E-state index contributed by atoms with van der Waals surface area (Å²) in [6.07, 6.45) is 4.52. The summed E-state index contributed by atoms with van der Waals surface area (Å²) in [5.41, 5.74) is 0.649. The Hall–Kier alpha value is -2.24. The van der Waals surface area contributed by atoms with Gasteiger partial charge in [0.05, 0.1) is 26.0 Å². The molecule has 6 nitrogen and oxygen atoms in total. The number of aromatic nitrogens is 2. The van der Waals surface area contributed by atoms with Crippen LogP contribution in [0.25, 0.3) is 0 Å². The van der Waals surface area contributed by atoms with E-state index in [1.54, 1.807) is 12.5 Å². The molecule has 0 atom stereocenters. The van der Waals surface area contributed by atoms with Crippen molar-refractivity contribution < 1.29 is 9.15 Å². The molecule has 2 rings (SSSR count). The zero-order valence-corrected chi connectivity index (χ0v) is 8.69. The highest BCUT2D eigenvalue weighted by Gasteiger charge is 2.08. The molecule has 0 saturated carbocycles. The van der Waals surface area contributed by atoms with Gasteiger partial charge >= 0.3 is 0 Å². The normalized spacial score (nSPS) is 10.1. The standard InChI is InChI=1S/C10H11N3O3/c1-15-8-9(12-6-13-10(8)14)11-4-7-2-3-16-5-7/h2-3,5-6H,4H2,1H3,(H2,11,12,13,14). The summed E-state index contributed by atoms with van der Waals surface area (Å²) in [6.45, 7) is 0.517. The SMILES string of the molecule is COc1c(NCc2ccoc2)nc[nH]c1=O. The van der Waals surface area contributed by atoms with Crippen LogP contribution < -0.4 is 15.6 Å². The molecule has 0 aliphatic heterocycles. The van der Waals surface area contributed by atoms with E-state index in [0.717, 1.165) is 5.56 Å². The van der Waals surface area contributed by atoms with Gasteiger partial charge in [0.1, 0.15) is 0 Å². The van der Waals surface area contributed by atoms with E-state index in [1.165, 1.54) is 13.4 Å². The number of nitrogens with zero attached hydrogens (tertiary/aromatic N) is 1. The molecule has 0 saturated heterocycles. The van der Waals surface area contributed by atoms with Gasteiger partial charge in [-0.1, -0.05) is 0 Å². The Balaban J connectivity index is 2.15.